The zero-order valence-corrected chi connectivity index (χ0v) is 24.5. The number of aliphatic hydroxyl groups is 1. The molecule has 7 rings (SSSR count). The standard InChI is InChI=1S/C39H29N3.CH4O/c1-6-16-30(17-7-1)37-38(31-18-8-2-9-19-31)42(35-24-14-5-15-25-35)39(40-37)32-26-28-36(29-27-32)41(33-20-10-3-11-21-33)34-22-12-4-13-23-34;1-2/h1-29H;2H,1H3. The SMILES string of the molecule is CO.c1ccc(-c2nc(-c3ccc(N(c4ccccc4)c4ccccc4)cc3)n(-c3ccccc3)c2-c2ccccc2)cc1. The van der Waals surface area contributed by atoms with Gasteiger partial charge in [0.05, 0.1) is 11.4 Å². The Morgan fingerprint density at radius 3 is 1.34 bits per heavy atom. The molecular formula is C40H33N3O. The minimum absolute atomic E-state index is 0.899. The first-order valence-corrected chi connectivity index (χ1v) is 14.6. The van der Waals surface area contributed by atoms with Gasteiger partial charge in [0.1, 0.15) is 5.82 Å². The van der Waals surface area contributed by atoms with Gasteiger partial charge in [-0.1, -0.05) is 115 Å². The highest BCUT2D eigenvalue weighted by atomic mass is 16.2. The average molecular weight is 572 g/mol. The van der Waals surface area contributed by atoms with E-state index >= 15 is 0 Å². The Hall–Kier alpha value is -5.71. The largest absolute Gasteiger partial charge is 0.400 e. The maximum absolute atomic E-state index is 7.00. The smallest absolute Gasteiger partial charge is 0.145 e. The topological polar surface area (TPSA) is 41.3 Å². The molecule has 4 nitrogen and oxygen atoms in total. The van der Waals surface area contributed by atoms with E-state index in [4.69, 9.17) is 10.1 Å². The lowest BCUT2D eigenvalue weighted by Crippen LogP contribution is -2.09. The molecule has 214 valence electrons. The summed E-state index contributed by atoms with van der Waals surface area (Å²) in [4.78, 5) is 7.62. The number of nitrogens with zero attached hydrogens (tertiary/aromatic N) is 3. The fraction of sp³-hybridized carbons (Fsp3) is 0.0250. The fourth-order valence-electron chi connectivity index (χ4n) is 5.46. The summed E-state index contributed by atoms with van der Waals surface area (Å²) in [5.74, 6) is 0.899. The Labute approximate surface area is 258 Å². The highest BCUT2D eigenvalue weighted by molar-refractivity contribution is 5.85. The molecule has 0 aliphatic rings. The Morgan fingerprint density at radius 1 is 0.432 bits per heavy atom. The Bertz CT molecular complexity index is 1850. The predicted molar refractivity (Wildman–Crippen MR) is 183 cm³/mol. The number of aromatic nitrogens is 2. The molecule has 0 aliphatic carbocycles. The minimum atomic E-state index is 0.899. The second-order valence-electron chi connectivity index (χ2n) is 10.1. The molecule has 0 bridgehead atoms. The molecule has 0 atom stereocenters. The summed E-state index contributed by atoms with van der Waals surface area (Å²) in [7, 11) is 1.00. The third-order valence-electron chi connectivity index (χ3n) is 7.40. The summed E-state index contributed by atoms with van der Waals surface area (Å²) in [6, 6.07) is 61.2. The highest BCUT2D eigenvalue weighted by Gasteiger charge is 2.22. The van der Waals surface area contributed by atoms with Crippen LogP contribution in [0.4, 0.5) is 17.1 Å². The van der Waals surface area contributed by atoms with Crippen LogP contribution in [-0.4, -0.2) is 21.8 Å². The van der Waals surface area contributed by atoms with Crippen molar-refractivity contribution in [3.05, 3.63) is 176 Å². The summed E-state index contributed by atoms with van der Waals surface area (Å²) in [5, 5.41) is 7.00. The molecule has 7 aromatic rings. The van der Waals surface area contributed by atoms with Crippen LogP contribution in [0.3, 0.4) is 0 Å². The third-order valence-corrected chi connectivity index (χ3v) is 7.40. The number of hydrogen-bond donors (Lipinski definition) is 1. The van der Waals surface area contributed by atoms with Crippen LogP contribution in [-0.2, 0) is 0 Å². The van der Waals surface area contributed by atoms with E-state index in [9.17, 15) is 0 Å². The van der Waals surface area contributed by atoms with Gasteiger partial charge in [-0.3, -0.25) is 4.57 Å². The van der Waals surface area contributed by atoms with Gasteiger partial charge in [-0.2, -0.15) is 0 Å². The van der Waals surface area contributed by atoms with Crippen molar-refractivity contribution in [2.45, 2.75) is 0 Å². The molecule has 0 amide bonds. The summed E-state index contributed by atoms with van der Waals surface area (Å²) in [6.07, 6.45) is 0. The second kappa shape index (κ2) is 13.5. The van der Waals surface area contributed by atoms with Gasteiger partial charge in [0.25, 0.3) is 0 Å². The van der Waals surface area contributed by atoms with Gasteiger partial charge in [-0.25, -0.2) is 4.98 Å². The normalized spacial score (nSPS) is 10.5. The molecule has 0 aliphatic heterocycles. The maximum Gasteiger partial charge on any atom is 0.145 e. The van der Waals surface area contributed by atoms with E-state index in [1.165, 1.54) is 0 Å². The zero-order chi connectivity index (χ0) is 30.1. The number of anilines is 3. The van der Waals surface area contributed by atoms with Gasteiger partial charge >= 0.3 is 0 Å². The van der Waals surface area contributed by atoms with Crippen molar-refractivity contribution in [3.8, 4) is 39.6 Å². The van der Waals surface area contributed by atoms with E-state index in [0.29, 0.717) is 0 Å². The third kappa shape index (κ3) is 5.80. The van der Waals surface area contributed by atoms with Gasteiger partial charge in [-0.15, -0.1) is 0 Å². The van der Waals surface area contributed by atoms with Crippen LogP contribution in [0.1, 0.15) is 0 Å². The molecule has 1 heterocycles. The molecule has 1 N–H and O–H groups in total. The summed E-state index contributed by atoms with van der Waals surface area (Å²) >= 11 is 0. The van der Waals surface area contributed by atoms with Gasteiger partial charge in [0.15, 0.2) is 0 Å². The van der Waals surface area contributed by atoms with E-state index in [1.807, 2.05) is 18.2 Å². The van der Waals surface area contributed by atoms with Crippen LogP contribution in [0.15, 0.2) is 176 Å². The molecule has 6 aromatic carbocycles. The number of para-hydroxylation sites is 3. The second-order valence-corrected chi connectivity index (χ2v) is 10.1. The zero-order valence-electron chi connectivity index (χ0n) is 24.5. The van der Waals surface area contributed by atoms with Crippen LogP contribution >= 0.6 is 0 Å². The molecule has 0 saturated heterocycles. The van der Waals surface area contributed by atoms with Gasteiger partial charge in [0.2, 0.25) is 0 Å². The van der Waals surface area contributed by atoms with Crippen LogP contribution in [0.2, 0.25) is 0 Å². The molecule has 0 saturated carbocycles. The molecule has 44 heavy (non-hydrogen) atoms. The highest BCUT2D eigenvalue weighted by Crippen LogP contribution is 2.40. The molecule has 0 unspecified atom stereocenters. The Kier molecular flexibility index (Phi) is 8.72. The lowest BCUT2D eigenvalue weighted by Gasteiger charge is -2.25. The average Bonchev–Trinajstić information content (AvgIpc) is 3.53. The first-order valence-electron chi connectivity index (χ1n) is 14.6. The van der Waals surface area contributed by atoms with E-state index in [1.54, 1.807) is 0 Å². The van der Waals surface area contributed by atoms with Crippen molar-refractivity contribution in [2.24, 2.45) is 0 Å². The maximum atomic E-state index is 7.00. The lowest BCUT2D eigenvalue weighted by molar-refractivity contribution is 0.399. The number of benzene rings is 6. The number of imidazole rings is 1. The number of rotatable bonds is 7. The van der Waals surface area contributed by atoms with Crippen LogP contribution in [0.25, 0.3) is 39.6 Å². The number of aliphatic hydroxyl groups excluding tert-OH is 1. The Balaban J connectivity index is 0.00000168. The van der Waals surface area contributed by atoms with E-state index in [-0.39, 0.29) is 0 Å². The molecule has 0 spiro atoms. The summed E-state index contributed by atoms with van der Waals surface area (Å²) in [6.45, 7) is 0. The lowest BCUT2D eigenvalue weighted by atomic mass is 10.0. The van der Waals surface area contributed by atoms with E-state index in [0.717, 1.165) is 63.8 Å². The molecule has 0 fully saturated rings. The van der Waals surface area contributed by atoms with E-state index in [2.05, 4.69) is 167 Å². The van der Waals surface area contributed by atoms with Crippen molar-refractivity contribution in [1.29, 1.82) is 0 Å². The minimum Gasteiger partial charge on any atom is -0.400 e. The predicted octanol–water partition coefficient (Wildman–Crippen LogP) is 9.95. The molecule has 0 radical (unpaired) electrons. The summed E-state index contributed by atoms with van der Waals surface area (Å²) in [5.41, 5.74) is 9.66. The molecule has 1 aromatic heterocycles. The van der Waals surface area contributed by atoms with E-state index < -0.39 is 0 Å². The van der Waals surface area contributed by atoms with Crippen molar-refractivity contribution < 1.29 is 5.11 Å². The quantitative estimate of drug-likeness (QED) is 0.207. The number of hydrogen-bond acceptors (Lipinski definition) is 3. The monoisotopic (exact) mass is 571 g/mol. The van der Waals surface area contributed by atoms with Crippen molar-refractivity contribution in [3.63, 3.8) is 0 Å². The van der Waals surface area contributed by atoms with Gasteiger partial charge < -0.3 is 10.0 Å². The van der Waals surface area contributed by atoms with Crippen molar-refractivity contribution in [2.75, 3.05) is 12.0 Å². The first kappa shape index (κ1) is 28.4. The van der Waals surface area contributed by atoms with Crippen LogP contribution in [0.5, 0.6) is 0 Å². The fourth-order valence-corrected chi connectivity index (χ4v) is 5.46. The van der Waals surface area contributed by atoms with Gasteiger partial charge in [0, 0.05) is 46.5 Å². The van der Waals surface area contributed by atoms with Crippen LogP contribution < -0.4 is 4.90 Å². The first-order chi connectivity index (χ1) is 21.9. The van der Waals surface area contributed by atoms with Crippen molar-refractivity contribution >= 4 is 17.1 Å². The summed E-state index contributed by atoms with van der Waals surface area (Å²) < 4.78 is 2.29. The van der Waals surface area contributed by atoms with Gasteiger partial charge in [-0.05, 0) is 60.7 Å². The Morgan fingerprint density at radius 2 is 0.841 bits per heavy atom. The van der Waals surface area contributed by atoms with Crippen LogP contribution in [0, 0.1) is 0 Å². The molecular weight excluding hydrogens is 538 g/mol. The van der Waals surface area contributed by atoms with Crippen molar-refractivity contribution in [1.82, 2.24) is 9.55 Å². The molecule has 4 heteroatoms.